The van der Waals surface area contributed by atoms with Crippen LogP contribution < -0.4 is 20.1 Å². The Morgan fingerprint density at radius 3 is 2.92 bits per heavy atom. The van der Waals surface area contributed by atoms with Crippen molar-refractivity contribution in [2.45, 2.75) is 19.4 Å². The minimum atomic E-state index is -0.0937. The summed E-state index contributed by atoms with van der Waals surface area (Å²) in [6.07, 6.45) is 3.82. The fraction of sp³-hybridized carbons (Fsp3) is 0.474. The first-order valence-corrected chi connectivity index (χ1v) is 8.89. The first-order chi connectivity index (χ1) is 12.6. The van der Waals surface area contributed by atoms with E-state index in [1.54, 1.807) is 11.8 Å². The summed E-state index contributed by atoms with van der Waals surface area (Å²) in [4.78, 5) is 12.7. The van der Waals surface area contributed by atoms with Gasteiger partial charge in [-0.05, 0) is 30.2 Å². The van der Waals surface area contributed by atoms with E-state index in [4.69, 9.17) is 9.47 Å². The largest absolute Gasteiger partial charge is 0.493 e. The number of nitrogens with one attached hydrogen (secondary N) is 2. The molecule has 7 nitrogen and oxygen atoms in total. The van der Waals surface area contributed by atoms with Crippen molar-refractivity contribution in [2.24, 2.45) is 13.0 Å². The molecule has 0 unspecified atom stereocenters. The van der Waals surface area contributed by atoms with E-state index in [9.17, 15) is 4.79 Å². The van der Waals surface area contributed by atoms with E-state index >= 15 is 0 Å². The van der Waals surface area contributed by atoms with Gasteiger partial charge in [-0.15, -0.1) is 0 Å². The van der Waals surface area contributed by atoms with Gasteiger partial charge >= 0.3 is 0 Å². The van der Waals surface area contributed by atoms with Gasteiger partial charge in [0, 0.05) is 38.8 Å². The average molecular weight is 358 g/mol. The minimum Gasteiger partial charge on any atom is -0.493 e. The molecule has 0 radical (unpaired) electrons. The number of aryl methyl sites for hydroxylation is 1. The molecule has 1 amide bonds. The zero-order chi connectivity index (χ0) is 18.5. The summed E-state index contributed by atoms with van der Waals surface area (Å²) in [7, 11) is 3.51. The number of rotatable bonds is 7. The van der Waals surface area contributed by atoms with Crippen LogP contribution in [0.1, 0.15) is 24.0 Å². The third-order valence-corrected chi connectivity index (χ3v) is 4.70. The van der Waals surface area contributed by atoms with Gasteiger partial charge in [-0.1, -0.05) is 6.07 Å². The summed E-state index contributed by atoms with van der Waals surface area (Å²) < 4.78 is 12.7. The molecule has 0 spiro atoms. The predicted molar refractivity (Wildman–Crippen MR) is 98.3 cm³/mol. The minimum absolute atomic E-state index is 0.0534. The number of amides is 1. The Bertz CT molecular complexity index is 759. The molecule has 0 aliphatic carbocycles. The van der Waals surface area contributed by atoms with Crippen LogP contribution >= 0.6 is 0 Å². The number of carbonyl (C=O) groups excluding carboxylic acids is 1. The monoisotopic (exact) mass is 358 g/mol. The number of nitrogens with zero attached hydrogens (tertiary/aromatic N) is 2. The van der Waals surface area contributed by atoms with E-state index in [0.29, 0.717) is 31.2 Å². The lowest BCUT2D eigenvalue weighted by atomic mass is 9.90. The van der Waals surface area contributed by atoms with E-state index < -0.39 is 0 Å². The summed E-state index contributed by atoms with van der Waals surface area (Å²) in [5.41, 5.74) is 2.08. The molecule has 2 N–H and O–H groups in total. The van der Waals surface area contributed by atoms with Gasteiger partial charge in [0.1, 0.15) is 0 Å². The zero-order valence-corrected chi connectivity index (χ0v) is 15.5. The van der Waals surface area contributed by atoms with Gasteiger partial charge in [-0.2, -0.15) is 5.10 Å². The van der Waals surface area contributed by atoms with Gasteiger partial charge in [-0.3, -0.25) is 9.48 Å². The molecule has 2 atom stereocenters. The molecule has 1 aliphatic heterocycles. The molecule has 1 fully saturated rings. The van der Waals surface area contributed by atoms with Gasteiger partial charge in [0.05, 0.1) is 25.8 Å². The van der Waals surface area contributed by atoms with E-state index in [-0.39, 0.29) is 17.7 Å². The zero-order valence-electron chi connectivity index (χ0n) is 15.5. The van der Waals surface area contributed by atoms with Gasteiger partial charge in [-0.25, -0.2) is 0 Å². The number of hydrogen-bond acceptors (Lipinski definition) is 5. The lowest BCUT2D eigenvalue weighted by Crippen LogP contribution is -2.33. The Morgan fingerprint density at radius 1 is 1.38 bits per heavy atom. The molecule has 2 aromatic rings. The van der Waals surface area contributed by atoms with Crippen LogP contribution in [0.4, 0.5) is 0 Å². The summed E-state index contributed by atoms with van der Waals surface area (Å²) in [5, 5.41) is 10.6. The van der Waals surface area contributed by atoms with Gasteiger partial charge < -0.3 is 20.1 Å². The second-order valence-corrected chi connectivity index (χ2v) is 6.45. The van der Waals surface area contributed by atoms with Crippen LogP contribution in [-0.2, 0) is 18.4 Å². The Morgan fingerprint density at radius 2 is 2.23 bits per heavy atom. The van der Waals surface area contributed by atoms with Crippen molar-refractivity contribution in [1.82, 2.24) is 20.4 Å². The molecule has 26 heavy (non-hydrogen) atoms. The molecule has 7 heteroatoms. The molecule has 2 heterocycles. The Hall–Kier alpha value is -2.54. The van der Waals surface area contributed by atoms with Crippen LogP contribution in [0.15, 0.2) is 30.6 Å². The summed E-state index contributed by atoms with van der Waals surface area (Å²) in [5.74, 6) is 1.50. The predicted octanol–water partition coefficient (Wildman–Crippen LogP) is 1.45. The third-order valence-electron chi connectivity index (χ3n) is 4.70. The second-order valence-electron chi connectivity index (χ2n) is 6.45. The summed E-state index contributed by atoms with van der Waals surface area (Å²) in [6.45, 7) is 4.42. The third kappa shape index (κ3) is 3.99. The quantitative estimate of drug-likeness (QED) is 0.783. The molecule has 140 valence electrons. The smallest absolute Gasteiger partial charge is 0.225 e. The number of aromatic nitrogens is 2. The highest BCUT2D eigenvalue weighted by Crippen LogP contribution is 2.29. The number of hydrogen-bond donors (Lipinski definition) is 2. The van der Waals surface area contributed by atoms with Crippen molar-refractivity contribution < 1.29 is 14.3 Å². The summed E-state index contributed by atoms with van der Waals surface area (Å²) in [6, 6.07) is 5.71. The van der Waals surface area contributed by atoms with Gasteiger partial charge in [0.25, 0.3) is 0 Å². The van der Waals surface area contributed by atoms with Crippen molar-refractivity contribution in [3.63, 3.8) is 0 Å². The van der Waals surface area contributed by atoms with Crippen LogP contribution in [0.3, 0.4) is 0 Å². The van der Waals surface area contributed by atoms with Crippen molar-refractivity contribution >= 4 is 5.91 Å². The average Bonchev–Trinajstić information content (AvgIpc) is 3.29. The number of benzene rings is 1. The van der Waals surface area contributed by atoms with Crippen LogP contribution in [0.5, 0.6) is 11.5 Å². The maximum absolute atomic E-state index is 12.7. The maximum atomic E-state index is 12.7. The van der Waals surface area contributed by atoms with Crippen molar-refractivity contribution in [3.05, 3.63) is 41.7 Å². The van der Waals surface area contributed by atoms with Crippen LogP contribution in [0.2, 0.25) is 0 Å². The summed E-state index contributed by atoms with van der Waals surface area (Å²) >= 11 is 0. The highest BCUT2D eigenvalue weighted by Gasteiger charge is 2.34. The standard InChI is InChI=1S/C19H26N4O3/c1-4-26-18-7-13(5-6-17(18)25-3)8-21-19(24)16-11-20-10-15(16)14-9-22-23(2)12-14/h5-7,9,12,15-16,20H,4,8,10-11H2,1-3H3,(H,21,24)/t15-,16+/m1/s1. The molecular formula is C19H26N4O3. The Balaban J connectivity index is 1.64. The molecule has 3 rings (SSSR count). The molecule has 0 bridgehead atoms. The normalized spacial score (nSPS) is 19.3. The van der Waals surface area contributed by atoms with E-state index in [2.05, 4.69) is 15.7 Å². The van der Waals surface area contributed by atoms with Crippen LogP contribution in [0, 0.1) is 5.92 Å². The molecule has 1 saturated heterocycles. The fourth-order valence-corrected chi connectivity index (χ4v) is 3.36. The SMILES string of the molecule is CCOc1cc(CNC(=O)[C@H]2CNC[C@@H]2c2cnn(C)c2)ccc1OC. The molecule has 1 aliphatic rings. The highest BCUT2D eigenvalue weighted by atomic mass is 16.5. The highest BCUT2D eigenvalue weighted by molar-refractivity contribution is 5.80. The van der Waals surface area contributed by atoms with Gasteiger partial charge in [0.2, 0.25) is 5.91 Å². The second kappa shape index (κ2) is 8.23. The lowest BCUT2D eigenvalue weighted by molar-refractivity contribution is -0.125. The van der Waals surface area contributed by atoms with Crippen LogP contribution in [-0.4, -0.2) is 42.5 Å². The van der Waals surface area contributed by atoms with E-state index in [1.165, 1.54) is 0 Å². The fourth-order valence-electron chi connectivity index (χ4n) is 3.36. The maximum Gasteiger partial charge on any atom is 0.225 e. The molecular weight excluding hydrogens is 332 g/mol. The number of carbonyl (C=O) groups is 1. The molecule has 0 saturated carbocycles. The number of ether oxygens (including phenoxy) is 2. The van der Waals surface area contributed by atoms with Gasteiger partial charge in [0.15, 0.2) is 11.5 Å². The molecule has 1 aromatic heterocycles. The molecule has 1 aromatic carbocycles. The van der Waals surface area contributed by atoms with E-state index in [1.807, 2.05) is 44.6 Å². The lowest BCUT2D eigenvalue weighted by Gasteiger charge is -2.17. The van der Waals surface area contributed by atoms with Crippen molar-refractivity contribution in [2.75, 3.05) is 26.8 Å². The number of methoxy groups -OCH3 is 1. The van der Waals surface area contributed by atoms with E-state index in [0.717, 1.165) is 17.7 Å². The topological polar surface area (TPSA) is 77.4 Å². The van der Waals surface area contributed by atoms with Crippen molar-refractivity contribution in [3.8, 4) is 11.5 Å². The Kier molecular flexibility index (Phi) is 5.78. The Labute approximate surface area is 153 Å². The first-order valence-electron chi connectivity index (χ1n) is 8.89. The van der Waals surface area contributed by atoms with Crippen molar-refractivity contribution in [1.29, 1.82) is 0 Å². The van der Waals surface area contributed by atoms with Crippen LogP contribution in [0.25, 0.3) is 0 Å². The first kappa shape index (κ1) is 18.3.